The first-order valence-electron chi connectivity index (χ1n) is 7.50. The van der Waals surface area contributed by atoms with E-state index in [1.54, 1.807) is 10.6 Å². The van der Waals surface area contributed by atoms with Crippen molar-refractivity contribution in [1.82, 2.24) is 0 Å². The smallest absolute Gasteiger partial charge is 0.303 e. The summed E-state index contributed by atoms with van der Waals surface area (Å²) in [5.41, 5.74) is 1.95. The van der Waals surface area contributed by atoms with Crippen molar-refractivity contribution in [2.45, 2.75) is 50.3 Å². The molecule has 1 aliphatic heterocycles. The lowest BCUT2D eigenvalue weighted by atomic mass is 9.82. The number of aliphatic carboxylic acids is 1. The lowest BCUT2D eigenvalue weighted by Crippen LogP contribution is -2.25. The van der Waals surface area contributed by atoms with Gasteiger partial charge in [0.1, 0.15) is 10.1 Å². The summed E-state index contributed by atoms with van der Waals surface area (Å²) in [7, 11) is -4.51. The summed E-state index contributed by atoms with van der Waals surface area (Å²) in [5.74, 6) is 2.10. The van der Waals surface area contributed by atoms with Crippen LogP contribution in [0.4, 0.5) is 5.69 Å². The van der Waals surface area contributed by atoms with Gasteiger partial charge in [0, 0.05) is 31.4 Å². The van der Waals surface area contributed by atoms with E-state index in [9.17, 15) is 17.8 Å². The molecule has 0 atom stereocenters. The second kappa shape index (κ2) is 6.38. The normalized spacial score (nSPS) is 15.7. The maximum absolute atomic E-state index is 11.3. The Morgan fingerprint density at radius 1 is 1.38 bits per heavy atom. The first-order chi connectivity index (χ1) is 11.0. The van der Waals surface area contributed by atoms with Crippen LogP contribution in [0.1, 0.15) is 45.6 Å². The number of nitrogens with zero attached hydrogens (tertiary/aromatic N) is 1. The van der Waals surface area contributed by atoms with E-state index in [0.29, 0.717) is 12.8 Å². The number of fused-ring (bicyclic) bond motifs is 1. The average Bonchev–Trinajstić information content (AvgIpc) is 2.66. The molecule has 7 heteroatoms. The second-order valence-corrected chi connectivity index (χ2v) is 7.59. The van der Waals surface area contributed by atoms with Gasteiger partial charge in [-0.25, -0.2) is 8.42 Å². The minimum absolute atomic E-state index is 0.0736. The van der Waals surface area contributed by atoms with E-state index in [2.05, 4.69) is 12.0 Å². The van der Waals surface area contributed by atoms with Crippen LogP contribution in [0.15, 0.2) is 23.1 Å². The van der Waals surface area contributed by atoms with Crippen molar-refractivity contribution in [3.05, 3.63) is 23.8 Å². The fraction of sp³-hybridized carbons (Fsp3) is 0.412. The van der Waals surface area contributed by atoms with E-state index in [1.807, 2.05) is 20.8 Å². The number of unbranched alkanes of at least 4 members (excludes halogenated alkanes) is 1. The van der Waals surface area contributed by atoms with E-state index in [0.717, 1.165) is 17.0 Å². The fourth-order valence-corrected chi connectivity index (χ4v) is 3.13. The van der Waals surface area contributed by atoms with Gasteiger partial charge in [-0.15, -0.1) is 4.58 Å². The number of rotatable bonds is 4. The highest BCUT2D eigenvalue weighted by molar-refractivity contribution is 7.85. The van der Waals surface area contributed by atoms with E-state index in [-0.39, 0.29) is 11.3 Å². The first kappa shape index (κ1) is 18.2. The van der Waals surface area contributed by atoms with Crippen molar-refractivity contribution < 1.29 is 27.4 Å². The first-order valence-corrected chi connectivity index (χ1v) is 8.91. The topological polar surface area (TPSA) is 97.5 Å². The van der Waals surface area contributed by atoms with Crippen molar-refractivity contribution >= 4 is 27.5 Å². The third-order valence-electron chi connectivity index (χ3n) is 4.29. The van der Waals surface area contributed by atoms with Gasteiger partial charge in [0.15, 0.2) is 5.71 Å². The van der Waals surface area contributed by atoms with Gasteiger partial charge in [-0.05, 0) is 38.3 Å². The molecule has 0 aliphatic carbocycles. The molecule has 1 aromatic carbocycles. The Balaban J connectivity index is 2.38. The molecule has 0 unspecified atom stereocenters. The molecule has 1 aliphatic rings. The van der Waals surface area contributed by atoms with E-state index >= 15 is 0 Å². The van der Waals surface area contributed by atoms with Crippen LogP contribution >= 0.6 is 0 Å². The van der Waals surface area contributed by atoms with Crippen LogP contribution in [-0.2, 0) is 20.3 Å². The Kier molecular flexibility index (Phi) is 4.83. The number of carboxylic acid groups (broad SMARTS) is 1. The molecule has 1 aromatic rings. The van der Waals surface area contributed by atoms with Gasteiger partial charge in [-0.1, -0.05) is 0 Å². The standard InChI is InChI=1S/C17H19NO5S/c1-12-17(2,3)14-11-13(24(21,22)23)8-9-15(14)18(12)10-6-4-5-7-16(19)20/h8-9,11H,4-5,7H2,1-3H3,(H-,19,20,21,22,23). The highest BCUT2D eigenvalue weighted by Gasteiger charge is 2.43. The molecule has 0 bridgehead atoms. The SMILES string of the molecule is CC1=[N+](C#CCCCC(=O)O)c2ccc(S(=O)(=O)[O-])cc2C1(C)C. The average molecular weight is 349 g/mol. The molecule has 6 nitrogen and oxygen atoms in total. The molecular formula is C17H19NO5S. The Morgan fingerprint density at radius 3 is 2.62 bits per heavy atom. The molecule has 0 aromatic heterocycles. The highest BCUT2D eigenvalue weighted by atomic mass is 32.2. The maximum Gasteiger partial charge on any atom is 0.303 e. The van der Waals surface area contributed by atoms with Crippen LogP contribution < -0.4 is 0 Å². The van der Waals surface area contributed by atoms with Crippen LogP contribution in [0.2, 0.25) is 0 Å². The molecule has 0 saturated heterocycles. The van der Waals surface area contributed by atoms with Crippen molar-refractivity contribution in [2.75, 3.05) is 0 Å². The summed E-state index contributed by atoms with van der Waals surface area (Å²) in [6.45, 7) is 5.78. The largest absolute Gasteiger partial charge is 0.744 e. The number of hydrogen-bond donors (Lipinski definition) is 1. The van der Waals surface area contributed by atoms with Gasteiger partial charge in [-0.3, -0.25) is 4.79 Å². The molecule has 2 rings (SSSR count). The summed E-state index contributed by atoms with van der Waals surface area (Å²) in [5, 5.41) is 8.62. The summed E-state index contributed by atoms with van der Waals surface area (Å²) in [6, 6.07) is 7.29. The fourth-order valence-electron chi connectivity index (χ4n) is 2.63. The summed E-state index contributed by atoms with van der Waals surface area (Å²) >= 11 is 0. The zero-order valence-electron chi connectivity index (χ0n) is 13.8. The highest BCUT2D eigenvalue weighted by Crippen LogP contribution is 2.40. The van der Waals surface area contributed by atoms with Gasteiger partial charge in [0.2, 0.25) is 11.7 Å². The number of carbonyl (C=O) groups is 1. The van der Waals surface area contributed by atoms with Crippen molar-refractivity contribution in [3.8, 4) is 12.0 Å². The predicted molar refractivity (Wildman–Crippen MR) is 87.3 cm³/mol. The molecule has 0 fully saturated rings. The van der Waals surface area contributed by atoms with E-state index in [4.69, 9.17) is 5.11 Å². The van der Waals surface area contributed by atoms with Gasteiger partial charge < -0.3 is 9.66 Å². The number of benzene rings is 1. The van der Waals surface area contributed by atoms with Crippen molar-refractivity contribution in [3.63, 3.8) is 0 Å². The molecule has 0 amide bonds. The molecule has 1 N–H and O–H groups in total. The number of carboxylic acids is 1. The lowest BCUT2D eigenvalue weighted by Gasteiger charge is -2.16. The van der Waals surface area contributed by atoms with E-state index < -0.39 is 21.5 Å². The Bertz CT molecular complexity index is 885. The third kappa shape index (κ3) is 3.50. The van der Waals surface area contributed by atoms with Crippen LogP contribution in [0.5, 0.6) is 0 Å². The predicted octanol–water partition coefficient (Wildman–Crippen LogP) is 2.20. The quantitative estimate of drug-likeness (QED) is 0.389. The lowest BCUT2D eigenvalue weighted by molar-refractivity contribution is -0.334. The monoisotopic (exact) mass is 349 g/mol. The summed E-state index contributed by atoms with van der Waals surface area (Å²) < 4.78 is 35.5. The minimum Gasteiger partial charge on any atom is -0.744 e. The molecule has 0 spiro atoms. The number of hydrogen-bond acceptors (Lipinski definition) is 4. The summed E-state index contributed by atoms with van der Waals surface area (Å²) in [6.07, 6.45) is 1.00. The minimum atomic E-state index is -4.51. The molecule has 24 heavy (non-hydrogen) atoms. The van der Waals surface area contributed by atoms with Crippen LogP contribution in [0.25, 0.3) is 0 Å². The maximum atomic E-state index is 11.3. The van der Waals surface area contributed by atoms with Crippen LogP contribution in [0.3, 0.4) is 0 Å². The van der Waals surface area contributed by atoms with Crippen LogP contribution in [0, 0.1) is 12.0 Å². The van der Waals surface area contributed by atoms with Gasteiger partial charge >= 0.3 is 5.97 Å². The second-order valence-electron chi connectivity index (χ2n) is 6.21. The molecule has 128 valence electrons. The van der Waals surface area contributed by atoms with Gasteiger partial charge in [0.05, 0.1) is 10.3 Å². The molecule has 0 radical (unpaired) electrons. The Labute approximate surface area is 141 Å². The zero-order valence-corrected chi connectivity index (χ0v) is 14.6. The van der Waals surface area contributed by atoms with Gasteiger partial charge in [0.25, 0.3) is 0 Å². The Hall–Kier alpha value is -2.17. The van der Waals surface area contributed by atoms with Gasteiger partial charge in [-0.2, -0.15) is 0 Å². The Morgan fingerprint density at radius 2 is 2.04 bits per heavy atom. The third-order valence-corrected chi connectivity index (χ3v) is 5.13. The van der Waals surface area contributed by atoms with Crippen LogP contribution in [-0.4, -0.2) is 34.3 Å². The van der Waals surface area contributed by atoms with Crippen molar-refractivity contribution in [1.29, 1.82) is 0 Å². The molecular weight excluding hydrogens is 330 g/mol. The molecule has 0 saturated carbocycles. The van der Waals surface area contributed by atoms with Crippen molar-refractivity contribution in [2.24, 2.45) is 0 Å². The molecule has 1 heterocycles. The summed E-state index contributed by atoms with van der Waals surface area (Å²) in [4.78, 5) is 10.2. The zero-order chi connectivity index (χ0) is 18.1. The van der Waals surface area contributed by atoms with E-state index in [1.165, 1.54) is 12.1 Å².